The third-order valence-electron chi connectivity index (χ3n) is 1.91. The number of pyridine rings is 1. The summed E-state index contributed by atoms with van der Waals surface area (Å²) < 4.78 is 0. The molecule has 2 N–H and O–H groups in total. The van der Waals surface area contributed by atoms with Crippen molar-refractivity contribution in [2.24, 2.45) is 4.99 Å². The molecular formula is C9H7N3O3. The van der Waals surface area contributed by atoms with Crippen LogP contribution in [-0.2, 0) is 4.79 Å². The number of nitrogens with zero attached hydrogens (tertiary/aromatic N) is 2. The van der Waals surface area contributed by atoms with E-state index >= 15 is 0 Å². The molecule has 0 radical (unpaired) electrons. The van der Waals surface area contributed by atoms with Gasteiger partial charge in [0.1, 0.15) is 5.69 Å². The number of carboxylic acids is 1. The number of carbonyl (C=O) groups excluding carboxylic acids is 1. The largest absolute Gasteiger partial charge is 0.478 e. The van der Waals surface area contributed by atoms with Crippen LogP contribution in [0.1, 0.15) is 16.1 Å². The Morgan fingerprint density at radius 1 is 1.53 bits per heavy atom. The summed E-state index contributed by atoms with van der Waals surface area (Å²) in [5, 5.41) is 11.6. The maximum Gasteiger partial charge on any atom is 0.338 e. The summed E-state index contributed by atoms with van der Waals surface area (Å²) in [5.41, 5.74) is 0.217. The van der Waals surface area contributed by atoms with Crippen LogP contribution >= 0.6 is 0 Å². The fourth-order valence-corrected chi connectivity index (χ4v) is 1.27. The summed E-state index contributed by atoms with van der Waals surface area (Å²) in [6.45, 7) is 0.0883. The monoisotopic (exact) mass is 205 g/mol. The van der Waals surface area contributed by atoms with Gasteiger partial charge in [-0.05, 0) is 12.1 Å². The van der Waals surface area contributed by atoms with Gasteiger partial charge in [0.15, 0.2) is 5.84 Å². The molecule has 0 bridgehead atoms. The Labute approximate surface area is 84.7 Å². The number of carboxylic acid groups (broad SMARTS) is 1. The van der Waals surface area contributed by atoms with Crippen LogP contribution in [0.3, 0.4) is 0 Å². The van der Waals surface area contributed by atoms with Gasteiger partial charge >= 0.3 is 5.97 Å². The minimum absolute atomic E-state index is 0.0263. The van der Waals surface area contributed by atoms with Crippen LogP contribution in [0.15, 0.2) is 23.3 Å². The minimum atomic E-state index is -1.10. The molecule has 2 rings (SSSR count). The van der Waals surface area contributed by atoms with E-state index in [4.69, 9.17) is 5.11 Å². The minimum Gasteiger partial charge on any atom is -0.478 e. The van der Waals surface area contributed by atoms with Gasteiger partial charge in [-0.25, -0.2) is 4.79 Å². The smallest absolute Gasteiger partial charge is 0.338 e. The van der Waals surface area contributed by atoms with Crippen molar-refractivity contribution in [2.45, 2.75) is 0 Å². The lowest BCUT2D eigenvalue weighted by atomic mass is 10.2. The van der Waals surface area contributed by atoms with E-state index in [-0.39, 0.29) is 29.5 Å². The average molecular weight is 205 g/mol. The van der Waals surface area contributed by atoms with E-state index in [0.29, 0.717) is 0 Å². The highest BCUT2D eigenvalue weighted by molar-refractivity contribution is 6.13. The van der Waals surface area contributed by atoms with Gasteiger partial charge in [-0.2, -0.15) is 4.99 Å². The summed E-state index contributed by atoms with van der Waals surface area (Å²) in [6.07, 6.45) is 1.45. The van der Waals surface area contributed by atoms with Gasteiger partial charge in [-0.1, -0.05) is 0 Å². The highest BCUT2D eigenvalue weighted by Gasteiger charge is 2.20. The standard InChI is InChI=1S/C9H7N3O3/c13-6-4-11-8(12-6)7-5(9(14)15)2-1-3-10-7/h1-3H,4H2,(H,14,15)(H,11,12,13). The number of aromatic nitrogens is 1. The molecule has 0 saturated carbocycles. The van der Waals surface area contributed by atoms with E-state index in [1.165, 1.54) is 18.3 Å². The Hall–Kier alpha value is -2.24. The molecule has 1 amide bonds. The van der Waals surface area contributed by atoms with Crippen LogP contribution in [0.4, 0.5) is 0 Å². The predicted molar refractivity (Wildman–Crippen MR) is 50.7 cm³/mol. The first kappa shape index (κ1) is 9.32. The zero-order valence-electron chi connectivity index (χ0n) is 7.60. The van der Waals surface area contributed by atoms with E-state index in [0.717, 1.165) is 0 Å². The van der Waals surface area contributed by atoms with Gasteiger partial charge < -0.3 is 10.4 Å². The summed E-state index contributed by atoms with van der Waals surface area (Å²) in [4.78, 5) is 29.3. The molecule has 1 aliphatic rings. The Kier molecular flexibility index (Phi) is 2.17. The molecule has 0 fully saturated rings. The van der Waals surface area contributed by atoms with Gasteiger partial charge in [-0.3, -0.25) is 9.78 Å². The number of carbonyl (C=O) groups is 2. The third-order valence-corrected chi connectivity index (χ3v) is 1.91. The number of hydrogen-bond acceptors (Lipinski definition) is 4. The van der Waals surface area contributed by atoms with Crippen LogP contribution in [0, 0.1) is 0 Å². The van der Waals surface area contributed by atoms with Crippen LogP contribution in [0.2, 0.25) is 0 Å². The number of aromatic carboxylic acids is 1. The van der Waals surface area contributed by atoms with Crippen molar-refractivity contribution in [3.63, 3.8) is 0 Å². The van der Waals surface area contributed by atoms with Crippen molar-refractivity contribution in [1.82, 2.24) is 10.3 Å². The van der Waals surface area contributed by atoms with Gasteiger partial charge in [0.05, 0.1) is 12.1 Å². The second-order valence-electron chi connectivity index (χ2n) is 2.91. The number of amidine groups is 1. The van der Waals surface area contributed by atoms with Crippen molar-refractivity contribution in [1.29, 1.82) is 0 Å². The van der Waals surface area contributed by atoms with Crippen molar-refractivity contribution >= 4 is 17.7 Å². The van der Waals surface area contributed by atoms with Gasteiger partial charge in [0.2, 0.25) is 0 Å². The number of hydrogen-bond donors (Lipinski definition) is 2. The molecular weight excluding hydrogens is 198 g/mol. The highest BCUT2D eigenvalue weighted by atomic mass is 16.4. The van der Waals surface area contributed by atoms with E-state index in [1.807, 2.05) is 0 Å². The van der Waals surface area contributed by atoms with Gasteiger partial charge in [0.25, 0.3) is 5.91 Å². The van der Waals surface area contributed by atoms with E-state index < -0.39 is 5.97 Å². The Morgan fingerprint density at radius 2 is 2.33 bits per heavy atom. The summed E-state index contributed by atoms with van der Waals surface area (Å²) in [7, 11) is 0. The lowest BCUT2D eigenvalue weighted by Crippen LogP contribution is -2.23. The SMILES string of the molecule is O=C1CNC(c2ncccc2C(=O)O)=N1. The van der Waals surface area contributed by atoms with Crippen molar-refractivity contribution in [3.05, 3.63) is 29.6 Å². The Balaban J connectivity index is 2.48. The molecule has 0 spiro atoms. The number of nitrogens with one attached hydrogen (secondary N) is 1. The van der Waals surface area contributed by atoms with E-state index in [9.17, 15) is 9.59 Å². The first-order valence-corrected chi connectivity index (χ1v) is 4.22. The van der Waals surface area contributed by atoms with Gasteiger partial charge in [-0.15, -0.1) is 0 Å². The maximum absolute atomic E-state index is 10.9. The van der Waals surface area contributed by atoms with Crippen LogP contribution in [0.5, 0.6) is 0 Å². The third kappa shape index (κ3) is 1.69. The zero-order chi connectivity index (χ0) is 10.8. The Morgan fingerprint density at radius 3 is 2.93 bits per heavy atom. The number of rotatable bonds is 2. The van der Waals surface area contributed by atoms with Crippen LogP contribution in [-0.4, -0.2) is 34.3 Å². The van der Waals surface area contributed by atoms with E-state index in [2.05, 4.69) is 15.3 Å². The van der Waals surface area contributed by atoms with Crippen molar-refractivity contribution in [3.8, 4) is 0 Å². The first-order chi connectivity index (χ1) is 7.18. The van der Waals surface area contributed by atoms with Crippen molar-refractivity contribution < 1.29 is 14.7 Å². The van der Waals surface area contributed by atoms with E-state index in [1.54, 1.807) is 0 Å². The molecule has 6 heteroatoms. The fourth-order valence-electron chi connectivity index (χ4n) is 1.27. The van der Waals surface area contributed by atoms with Crippen molar-refractivity contribution in [2.75, 3.05) is 6.54 Å². The normalized spacial score (nSPS) is 14.7. The summed E-state index contributed by atoms with van der Waals surface area (Å²) >= 11 is 0. The second-order valence-corrected chi connectivity index (χ2v) is 2.91. The maximum atomic E-state index is 10.9. The van der Waals surface area contributed by atoms with Gasteiger partial charge in [0, 0.05) is 6.20 Å². The molecule has 2 heterocycles. The molecule has 0 aliphatic carbocycles. The molecule has 0 unspecified atom stereocenters. The first-order valence-electron chi connectivity index (χ1n) is 4.22. The van der Waals surface area contributed by atoms with Crippen LogP contribution in [0.25, 0.3) is 0 Å². The zero-order valence-corrected chi connectivity index (χ0v) is 7.60. The number of aliphatic imine (C=N–C) groups is 1. The molecule has 0 atom stereocenters. The quantitative estimate of drug-likeness (QED) is 0.688. The number of amides is 1. The second kappa shape index (κ2) is 3.49. The topological polar surface area (TPSA) is 91.7 Å². The Bertz CT molecular complexity index is 467. The molecule has 0 aromatic carbocycles. The molecule has 6 nitrogen and oxygen atoms in total. The molecule has 1 aliphatic heterocycles. The summed E-state index contributed by atoms with van der Waals surface area (Å²) in [5.74, 6) is -1.20. The summed E-state index contributed by atoms with van der Waals surface area (Å²) in [6, 6.07) is 2.93. The fraction of sp³-hybridized carbons (Fsp3) is 0.111. The molecule has 1 aromatic heterocycles. The molecule has 1 aromatic rings. The average Bonchev–Trinajstić information content (AvgIpc) is 2.65. The lowest BCUT2D eigenvalue weighted by molar-refractivity contribution is -0.116. The molecule has 0 saturated heterocycles. The highest BCUT2D eigenvalue weighted by Crippen LogP contribution is 2.07. The predicted octanol–water partition coefficient (Wildman–Crippen LogP) is -0.344. The molecule has 15 heavy (non-hydrogen) atoms. The lowest BCUT2D eigenvalue weighted by Gasteiger charge is -2.03. The molecule has 76 valence electrons. The van der Waals surface area contributed by atoms with Crippen LogP contribution < -0.4 is 5.32 Å².